The number of hydrogen-bond acceptors (Lipinski definition) is 5. The van der Waals surface area contributed by atoms with Gasteiger partial charge in [-0.3, -0.25) is 4.79 Å². The molecule has 0 aliphatic rings. The minimum absolute atomic E-state index is 0.154. The Labute approximate surface area is 133 Å². The van der Waals surface area contributed by atoms with E-state index in [9.17, 15) is 4.79 Å². The van der Waals surface area contributed by atoms with E-state index in [0.29, 0.717) is 22.4 Å². The second-order valence-electron chi connectivity index (χ2n) is 4.61. The number of ether oxygens (including phenoxy) is 1. The monoisotopic (exact) mass is 321 g/mol. The molecule has 1 amide bonds. The van der Waals surface area contributed by atoms with Crippen LogP contribution in [0, 0.1) is 0 Å². The summed E-state index contributed by atoms with van der Waals surface area (Å²) in [7, 11) is 3.74. The summed E-state index contributed by atoms with van der Waals surface area (Å²) < 4.78 is 10.7. The number of rotatable bonds is 6. The molecule has 2 rings (SSSR count). The SMILES string of the molecule is CN(C)c1ccc(/C=N\NC(=O)COc2cccc(Cl)c2)o1. The molecule has 6 nitrogen and oxygen atoms in total. The lowest BCUT2D eigenvalue weighted by Gasteiger charge is -2.06. The van der Waals surface area contributed by atoms with Gasteiger partial charge in [0.25, 0.3) is 5.91 Å². The van der Waals surface area contributed by atoms with E-state index in [0.717, 1.165) is 0 Å². The zero-order chi connectivity index (χ0) is 15.9. The van der Waals surface area contributed by atoms with Gasteiger partial charge in [0.05, 0.1) is 6.21 Å². The number of furan rings is 1. The van der Waals surface area contributed by atoms with Crippen molar-refractivity contribution in [3.63, 3.8) is 0 Å². The van der Waals surface area contributed by atoms with Gasteiger partial charge in [-0.2, -0.15) is 5.10 Å². The highest BCUT2D eigenvalue weighted by Gasteiger charge is 2.03. The minimum atomic E-state index is -0.379. The number of amides is 1. The third-order valence-electron chi connectivity index (χ3n) is 2.60. The highest BCUT2D eigenvalue weighted by molar-refractivity contribution is 6.30. The molecule has 0 spiro atoms. The molecule has 0 fully saturated rings. The van der Waals surface area contributed by atoms with Crippen LogP contribution in [0.1, 0.15) is 5.76 Å². The van der Waals surface area contributed by atoms with Gasteiger partial charge in [-0.15, -0.1) is 0 Å². The van der Waals surface area contributed by atoms with Crippen LogP contribution in [-0.4, -0.2) is 32.8 Å². The summed E-state index contributed by atoms with van der Waals surface area (Å²) in [6.07, 6.45) is 1.42. The van der Waals surface area contributed by atoms with Crippen molar-refractivity contribution < 1.29 is 13.9 Å². The van der Waals surface area contributed by atoms with Crippen molar-refractivity contribution in [3.8, 4) is 5.75 Å². The van der Waals surface area contributed by atoms with Crippen LogP contribution in [-0.2, 0) is 4.79 Å². The van der Waals surface area contributed by atoms with Gasteiger partial charge < -0.3 is 14.1 Å². The number of hydrazone groups is 1. The molecular formula is C15H16ClN3O3. The first-order valence-corrected chi connectivity index (χ1v) is 6.90. The highest BCUT2D eigenvalue weighted by atomic mass is 35.5. The first-order chi connectivity index (χ1) is 10.5. The minimum Gasteiger partial charge on any atom is -0.484 e. The Hall–Kier alpha value is -2.47. The molecule has 1 aromatic heterocycles. The smallest absolute Gasteiger partial charge is 0.277 e. The molecule has 0 unspecified atom stereocenters. The van der Waals surface area contributed by atoms with Crippen LogP contribution < -0.4 is 15.1 Å². The van der Waals surface area contributed by atoms with Gasteiger partial charge in [0.1, 0.15) is 11.5 Å². The summed E-state index contributed by atoms with van der Waals surface area (Å²) in [4.78, 5) is 13.4. The quantitative estimate of drug-likeness (QED) is 0.656. The molecule has 22 heavy (non-hydrogen) atoms. The fourth-order valence-corrected chi connectivity index (χ4v) is 1.74. The van der Waals surface area contributed by atoms with Crippen LogP contribution in [0.25, 0.3) is 0 Å². The van der Waals surface area contributed by atoms with Crippen molar-refractivity contribution in [2.24, 2.45) is 5.10 Å². The Morgan fingerprint density at radius 3 is 2.91 bits per heavy atom. The van der Waals surface area contributed by atoms with Crippen LogP contribution in [0.3, 0.4) is 0 Å². The average Bonchev–Trinajstić information content (AvgIpc) is 2.94. The summed E-state index contributed by atoms with van der Waals surface area (Å²) in [5, 5.41) is 4.35. The standard InChI is InChI=1S/C15H16ClN3O3/c1-19(2)15-7-6-13(22-15)9-17-18-14(20)10-21-12-5-3-4-11(16)8-12/h3-9H,10H2,1-2H3,(H,18,20)/b17-9-. The summed E-state index contributed by atoms with van der Waals surface area (Å²) in [6.45, 7) is -0.154. The second-order valence-corrected chi connectivity index (χ2v) is 5.05. The summed E-state index contributed by atoms with van der Waals surface area (Å²) in [5.74, 6) is 1.39. The van der Waals surface area contributed by atoms with Crippen LogP contribution in [0.2, 0.25) is 5.02 Å². The lowest BCUT2D eigenvalue weighted by Crippen LogP contribution is -2.24. The van der Waals surface area contributed by atoms with E-state index in [2.05, 4.69) is 10.5 Å². The molecule has 0 radical (unpaired) electrons. The number of benzene rings is 1. The third kappa shape index (κ3) is 4.82. The molecule has 0 bridgehead atoms. The van der Waals surface area contributed by atoms with Crippen molar-refractivity contribution in [1.29, 1.82) is 0 Å². The Bertz CT molecular complexity index is 668. The number of nitrogens with zero attached hydrogens (tertiary/aromatic N) is 2. The molecule has 1 N–H and O–H groups in total. The fraction of sp³-hybridized carbons (Fsp3) is 0.200. The van der Waals surface area contributed by atoms with Crippen LogP contribution in [0.4, 0.5) is 5.88 Å². The van der Waals surface area contributed by atoms with Gasteiger partial charge in [-0.25, -0.2) is 5.43 Å². The lowest BCUT2D eigenvalue weighted by atomic mass is 10.3. The molecule has 1 aromatic carbocycles. The highest BCUT2D eigenvalue weighted by Crippen LogP contribution is 2.17. The van der Waals surface area contributed by atoms with E-state index in [1.54, 1.807) is 30.3 Å². The van der Waals surface area contributed by atoms with Gasteiger partial charge in [0.15, 0.2) is 12.5 Å². The first kappa shape index (κ1) is 15.9. The van der Waals surface area contributed by atoms with E-state index in [4.69, 9.17) is 20.8 Å². The fourth-order valence-electron chi connectivity index (χ4n) is 1.56. The molecule has 0 saturated carbocycles. The number of hydrogen-bond donors (Lipinski definition) is 1. The first-order valence-electron chi connectivity index (χ1n) is 6.52. The Morgan fingerprint density at radius 2 is 2.23 bits per heavy atom. The Balaban J connectivity index is 1.78. The number of anilines is 1. The van der Waals surface area contributed by atoms with Crippen LogP contribution >= 0.6 is 11.6 Å². The van der Waals surface area contributed by atoms with Crippen molar-refractivity contribution >= 4 is 29.6 Å². The topological polar surface area (TPSA) is 67.1 Å². The Kier molecular flexibility index (Phi) is 5.43. The summed E-state index contributed by atoms with van der Waals surface area (Å²) >= 11 is 5.82. The molecule has 0 aliphatic carbocycles. The van der Waals surface area contributed by atoms with E-state index < -0.39 is 0 Å². The van der Waals surface area contributed by atoms with E-state index in [1.807, 2.05) is 25.1 Å². The number of carbonyl (C=O) groups is 1. The molecule has 2 aromatic rings. The van der Waals surface area contributed by atoms with Gasteiger partial charge in [-0.1, -0.05) is 17.7 Å². The third-order valence-corrected chi connectivity index (χ3v) is 2.84. The predicted octanol–water partition coefficient (Wildman–Crippen LogP) is 2.53. The zero-order valence-electron chi connectivity index (χ0n) is 12.2. The molecular weight excluding hydrogens is 306 g/mol. The van der Waals surface area contributed by atoms with Crippen molar-refractivity contribution in [2.45, 2.75) is 0 Å². The van der Waals surface area contributed by atoms with Crippen LogP contribution in [0.15, 0.2) is 45.9 Å². The molecule has 0 aliphatic heterocycles. The second kappa shape index (κ2) is 7.51. The number of halogens is 1. The maximum absolute atomic E-state index is 11.6. The number of nitrogens with one attached hydrogen (secondary N) is 1. The maximum atomic E-state index is 11.6. The van der Waals surface area contributed by atoms with Crippen molar-refractivity contribution in [2.75, 3.05) is 25.6 Å². The summed E-state index contributed by atoms with van der Waals surface area (Å²) in [5.41, 5.74) is 2.35. The molecule has 0 saturated heterocycles. The van der Waals surface area contributed by atoms with Crippen molar-refractivity contribution in [3.05, 3.63) is 47.2 Å². The lowest BCUT2D eigenvalue weighted by molar-refractivity contribution is -0.123. The molecule has 0 atom stereocenters. The van der Waals surface area contributed by atoms with E-state index in [1.165, 1.54) is 6.21 Å². The van der Waals surface area contributed by atoms with Crippen molar-refractivity contribution in [1.82, 2.24) is 5.43 Å². The normalized spacial score (nSPS) is 10.7. The van der Waals surface area contributed by atoms with Gasteiger partial charge >= 0.3 is 0 Å². The summed E-state index contributed by atoms with van der Waals surface area (Å²) in [6, 6.07) is 10.4. The Morgan fingerprint density at radius 1 is 1.41 bits per heavy atom. The maximum Gasteiger partial charge on any atom is 0.277 e. The van der Waals surface area contributed by atoms with Gasteiger partial charge in [0.2, 0.25) is 0 Å². The molecule has 1 heterocycles. The van der Waals surface area contributed by atoms with Gasteiger partial charge in [-0.05, 0) is 24.3 Å². The number of carbonyl (C=O) groups excluding carboxylic acids is 1. The zero-order valence-corrected chi connectivity index (χ0v) is 13.0. The predicted molar refractivity (Wildman–Crippen MR) is 85.7 cm³/mol. The molecule has 7 heteroatoms. The largest absolute Gasteiger partial charge is 0.484 e. The van der Waals surface area contributed by atoms with E-state index >= 15 is 0 Å². The molecule has 116 valence electrons. The van der Waals surface area contributed by atoms with Gasteiger partial charge in [0, 0.05) is 25.2 Å². The van der Waals surface area contributed by atoms with Crippen LogP contribution in [0.5, 0.6) is 5.75 Å². The van der Waals surface area contributed by atoms with E-state index in [-0.39, 0.29) is 12.5 Å². The average molecular weight is 322 g/mol.